The Morgan fingerprint density at radius 3 is 2.40 bits per heavy atom. The highest BCUT2D eigenvalue weighted by Crippen LogP contribution is 2.26. The van der Waals surface area contributed by atoms with Crippen LogP contribution in [-0.4, -0.2) is 16.2 Å². The lowest BCUT2D eigenvalue weighted by atomic mass is 10.1. The van der Waals surface area contributed by atoms with Crippen molar-refractivity contribution >= 4 is 16.6 Å². The molecule has 1 aromatic heterocycles. The summed E-state index contributed by atoms with van der Waals surface area (Å²) in [6, 6.07) is 17.3. The fraction of sp³-hybridized carbons (Fsp3) is 0.176. The molecular formula is C17H15N3. The summed E-state index contributed by atoms with van der Waals surface area (Å²) >= 11 is 0. The highest BCUT2D eigenvalue weighted by atomic mass is 15.2. The van der Waals surface area contributed by atoms with Gasteiger partial charge in [-0.25, -0.2) is 0 Å². The predicted octanol–water partition coefficient (Wildman–Crippen LogP) is 3.21. The molecule has 4 rings (SSSR count). The topological polar surface area (TPSA) is 37.8 Å². The van der Waals surface area contributed by atoms with Gasteiger partial charge in [-0.1, -0.05) is 48.5 Å². The lowest BCUT2D eigenvalue weighted by Crippen LogP contribution is -2.20. The normalized spacial score (nSPS) is 14.4. The molecule has 1 aliphatic carbocycles. The standard InChI is InChI=1S/C17H15N3/c1-2-6-13-10-15(9-12(13)5-1)19-17-16-8-4-3-7-14(16)11-18-20-17/h1-8,11,15H,9-10H2,(H,19,20). The molecule has 0 saturated carbocycles. The first kappa shape index (κ1) is 11.4. The molecule has 2 aromatic carbocycles. The Labute approximate surface area is 117 Å². The summed E-state index contributed by atoms with van der Waals surface area (Å²) in [6.45, 7) is 0. The summed E-state index contributed by atoms with van der Waals surface area (Å²) < 4.78 is 0. The molecule has 0 atom stereocenters. The number of rotatable bonds is 2. The van der Waals surface area contributed by atoms with Crippen molar-refractivity contribution in [3.05, 3.63) is 65.9 Å². The largest absolute Gasteiger partial charge is 0.365 e. The molecule has 3 aromatic rings. The maximum absolute atomic E-state index is 4.27. The van der Waals surface area contributed by atoms with Crippen molar-refractivity contribution < 1.29 is 0 Å². The van der Waals surface area contributed by atoms with Crippen LogP contribution in [0.5, 0.6) is 0 Å². The Morgan fingerprint density at radius 1 is 0.900 bits per heavy atom. The molecule has 98 valence electrons. The van der Waals surface area contributed by atoms with Gasteiger partial charge in [-0.2, -0.15) is 5.10 Å². The lowest BCUT2D eigenvalue weighted by Gasteiger charge is -2.13. The molecule has 0 fully saturated rings. The van der Waals surface area contributed by atoms with Gasteiger partial charge in [-0.05, 0) is 24.0 Å². The molecule has 20 heavy (non-hydrogen) atoms. The number of nitrogens with zero attached hydrogens (tertiary/aromatic N) is 2. The first-order valence-electron chi connectivity index (χ1n) is 6.94. The van der Waals surface area contributed by atoms with E-state index in [4.69, 9.17) is 0 Å². The van der Waals surface area contributed by atoms with Crippen molar-refractivity contribution in [2.75, 3.05) is 5.32 Å². The van der Waals surface area contributed by atoms with Crippen LogP contribution >= 0.6 is 0 Å². The number of hydrogen-bond acceptors (Lipinski definition) is 3. The zero-order valence-electron chi connectivity index (χ0n) is 11.1. The minimum Gasteiger partial charge on any atom is -0.365 e. The maximum atomic E-state index is 4.27. The fourth-order valence-electron chi connectivity index (χ4n) is 2.99. The number of anilines is 1. The van der Waals surface area contributed by atoms with E-state index in [1.54, 1.807) is 0 Å². The minimum absolute atomic E-state index is 0.410. The third kappa shape index (κ3) is 1.92. The van der Waals surface area contributed by atoms with Crippen molar-refractivity contribution in [1.29, 1.82) is 0 Å². The van der Waals surface area contributed by atoms with E-state index >= 15 is 0 Å². The molecule has 0 spiro atoms. The van der Waals surface area contributed by atoms with Crippen LogP contribution in [0.25, 0.3) is 10.8 Å². The van der Waals surface area contributed by atoms with Gasteiger partial charge in [-0.3, -0.25) is 0 Å². The van der Waals surface area contributed by atoms with Gasteiger partial charge in [0.2, 0.25) is 0 Å². The van der Waals surface area contributed by atoms with Crippen LogP contribution < -0.4 is 5.32 Å². The average molecular weight is 261 g/mol. The van der Waals surface area contributed by atoms with Crippen molar-refractivity contribution in [3.8, 4) is 0 Å². The van der Waals surface area contributed by atoms with Gasteiger partial charge in [0.15, 0.2) is 5.82 Å². The first-order valence-corrected chi connectivity index (χ1v) is 6.94. The Morgan fingerprint density at radius 2 is 1.60 bits per heavy atom. The van der Waals surface area contributed by atoms with Crippen LogP contribution in [0.2, 0.25) is 0 Å². The van der Waals surface area contributed by atoms with Crippen molar-refractivity contribution in [2.45, 2.75) is 18.9 Å². The molecule has 0 radical (unpaired) electrons. The molecule has 3 nitrogen and oxygen atoms in total. The van der Waals surface area contributed by atoms with Crippen LogP contribution in [0.1, 0.15) is 11.1 Å². The average Bonchev–Trinajstić information content (AvgIpc) is 2.90. The molecule has 0 amide bonds. The number of hydrogen-bond donors (Lipinski definition) is 1. The molecule has 0 saturated heterocycles. The number of fused-ring (bicyclic) bond motifs is 2. The van der Waals surface area contributed by atoms with Gasteiger partial charge < -0.3 is 5.32 Å². The zero-order chi connectivity index (χ0) is 13.4. The fourth-order valence-corrected chi connectivity index (χ4v) is 2.99. The van der Waals surface area contributed by atoms with E-state index in [9.17, 15) is 0 Å². The van der Waals surface area contributed by atoms with Crippen LogP contribution in [0.15, 0.2) is 54.7 Å². The van der Waals surface area contributed by atoms with E-state index in [0.29, 0.717) is 6.04 Å². The van der Waals surface area contributed by atoms with Crippen molar-refractivity contribution in [2.24, 2.45) is 0 Å². The number of nitrogens with one attached hydrogen (secondary N) is 1. The summed E-state index contributed by atoms with van der Waals surface area (Å²) in [5, 5.41) is 14.2. The monoisotopic (exact) mass is 261 g/mol. The second-order valence-electron chi connectivity index (χ2n) is 5.30. The van der Waals surface area contributed by atoms with Crippen LogP contribution in [-0.2, 0) is 12.8 Å². The van der Waals surface area contributed by atoms with Crippen molar-refractivity contribution in [1.82, 2.24) is 10.2 Å². The van der Waals surface area contributed by atoms with Gasteiger partial charge in [0, 0.05) is 16.8 Å². The summed E-state index contributed by atoms with van der Waals surface area (Å²) in [5.41, 5.74) is 2.89. The maximum Gasteiger partial charge on any atom is 0.156 e. The Bertz CT molecular complexity index is 737. The molecule has 3 heteroatoms. The van der Waals surface area contributed by atoms with E-state index in [-0.39, 0.29) is 0 Å². The summed E-state index contributed by atoms with van der Waals surface area (Å²) in [7, 11) is 0. The predicted molar refractivity (Wildman–Crippen MR) is 80.8 cm³/mol. The van der Waals surface area contributed by atoms with Gasteiger partial charge in [0.05, 0.1) is 6.20 Å². The highest BCUT2D eigenvalue weighted by molar-refractivity contribution is 5.90. The summed E-state index contributed by atoms with van der Waals surface area (Å²) in [4.78, 5) is 0. The quantitative estimate of drug-likeness (QED) is 0.769. The SMILES string of the molecule is c1ccc2c(c1)CC(Nc1nncc3ccccc13)C2. The highest BCUT2D eigenvalue weighted by Gasteiger charge is 2.21. The zero-order valence-corrected chi connectivity index (χ0v) is 11.1. The molecule has 1 heterocycles. The molecule has 0 aliphatic heterocycles. The Hall–Kier alpha value is -2.42. The van der Waals surface area contributed by atoms with E-state index in [2.05, 4.69) is 51.9 Å². The first-order chi connectivity index (χ1) is 9.90. The second kappa shape index (κ2) is 4.60. The van der Waals surface area contributed by atoms with Crippen LogP contribution in [0, 0.1) is 0 Å². The third-order valence-corrected chi connectivity index (χ3v) is 3.96. The van der Waals surface area contributed by atoms with E-state index in [1.165, 1.54) is 11.1 Å². The van der Waals surface area contributed by atoms with Crippen LogP contribution in [0.3, 0.4) is 0 Å². The minimum atomic E-state index is 0.410. The van der Waals surface area contributed by atoms with Gasteiger partial charge in [-0.15, -0.1) is 5.10 Å². The lowest BCUT2D eigenvalue weighted by molar-refractivity contribution is 0.766. The summed E-state index contributed by atoms with van der Waals surface area (Å²) in [6.07, 6.45) is 3.92. The van der Waals surface area contributed by atoms with E-state index in [0.717, 1.165) is 29.4 Å². The van der Waals surface area contributed by atoms with E-state index < -0.39 is 0 Å². The second-order valence-corrected chi connectivity index (χ2v) is 5.30. The van der Waals surface area contributed by atoms with Crippen molar-refractivity contribution in [3.63, 3.8) is 0 Å². The number of benzene rings is 2. The molecule has 0 bridgehead atoms. The molecule has 1 N–H and O–H groups in total. The van der Waals surface area contributed by atoms with Crippen LogP contribution in [0.4, 0.5) is 5.82 Å². The number of aromatic nitrogens is 2. The van der Waals surface area contributed by atoms with Gasteiger partial charge in [0.1, 0.15) is 0 Å². The molecule has 1 aliphatic rings. The Kier molecular flexibility index (Phi) is 2.62. The smallest absolute Gasteiger partial charge is 0.156 e. The molecular weight excluding hydrogens is 246 g/mol. The van der Waals surface area contributed by atoms with Gasteiger partial charge >= 0.3 is 0 Å². The Balaban J connectivity index is 1.64. The molecule has 0 unspecified atom stereocenters. The third-order valence-electron chi connectivity index (χ3n) is 3.96. The summed E-state index contributed by atoms with van der Waals surface area (Å²) in [5.74, 6) is 0.890. The van der Waals surface area contributed by atoms with Gasteiger partial charge in [0.25, 0.3) is 0 Å². The van der Waals surface area contributed by atoms with E-state index in [1.807, 2.05) is 18.3 Å².